The van der Waals surface area contributed by atoms with E-state index in [1.54, 1.807) is 7.11 Å². The second-order valence-corrected chi connectivity index (χ2v) is 6.07. The van der Waals surface area contributed by atoms with Crippen LogP contribution in [0.2, 0.25) is 5.02 Å². The van der Waals surface area contributed by atoms with Crippen LogP contribution in [0.4, 0.5) is 0 Å². The van der Waals surface area contributed by atoms with E-state index in [0.29, 0.717) is 0 Å². The van der Waals surface area contributed by atoms with Crippen LogP contribution in [0, 0.1) is 3.57 Å². The van der Waals surface area contributed by atoms with E-state index < -0.39 is 0 Å². The molecule has 12 heavy (non-hydrogen) atoms. The molecule has 0 aliphatic rings. The Morgan fingerprint density at radius 1 is 1.50 bits per heavy atom. The first kappa shape index (κ1) is 10.1. The summed E-state index contributed by atoms with van der Waals surface area (Å²) in [5, 5.41) is 0.746. The van der Waals surface area contributed by atoms with Crippen LogP contribution in [0.3, 0.4) is 0 Å². The van der Waals surface area contributed by atoms with Gasteiger partial charge < -0.3 is 0 Å². The first-order valence-electron chi connectivity index (χ1n) is 3.70. The predicted molar refractivity (Wildman–Crippen MR) is 47.2 cm³/mol. The standard InChI is InChI=1S/C9H11ClIO/c1-3-11-8-5-4-7(10)6-9(8)12-2/h4-6H,3H2,1-2H3/q-1. The third kappa shape index (κ3) is 2.52. The average molecular weight is 298 g/mol. The van der Waals surface area contributed by atoms with Gasteiger partial charge in [-0.3, -0.25) is 0 Å². The van der Waals surface area contributed by atoms with Gasteiger partial charge in [0, 0.05) is 0 Å². The molecule has 1 aromatic carbocycles. The Bertz CT molecular complexity index is 263. The molecule has 68 valence electrons. The quantitative estimate of drug-likeness (QED) is 0.546. The molecule has 0 aromatic heterocycles. The summed E-state index contributed by atoms with van der Waals surface area (Å²) in [5.41, 5.74) is 0. The monoisotopic (exact) mass is 297 g/mol. The molecule has 1 rings (SSSR count). The molecule has 0 saturated heterocycles. The molecule has 0 fully saturated rings. The van der Waals surface area contributed by atoms with E-state index in [4.69, 9.17) is 16.3 Å². The van der Waals surface area contributed by atoms with Gasteiger partial charge in [-0.25, -0.2) is 0 Å². The molecule has 0 amide bonds. The Balaban J connectivity index is 2.94. The molecule has 0 saturated carbocycles. The Kier molecular flexibility index (Phi) is 4.15. The van der Waals surface area contributed by atoms with Crippen molar-refractivity contribution in [2.24, 2.45) is 0 Å². The number of hydrogen-bond donors (Lipinski definition) is 0. The third-order valence-electron chi connectivity index (χ3n) is 1.39. The van der Waals surface area contributed by atoms with Crippen LogP contribution in [0.1, 0.15) is 6.92 Å². The van der Waals surface area contributed by atoms with Crippen molar-refractivity contribution in [3.05, 3.63) is 26.8 Å². The van der Waals surface area contributed by atoms with Crippen LogP contribution in [-0.2, 0) is 0 Å². The van der Waals surface area contributed by atoms with E-state index in [-0.39, 0.29) is 21.2 Å². The summed E-state index contributed by atoms with van der Waals surface area (Å²) < 4.78 is 7.79. The number of rotatable bonds is 3. The van der Waals surface area contributed by atoms with Gasteiger partial charge in [-0.15, -0.1) is 0 Å². The Morgan fingerprint density at radius 2 is 2.25 bits per heavy atom. The summed E-state index contributed by atoms with van der Waals surface area (Å²) in [6.07, 6.45) is 0. The van der Waals surface area contributed by atoms with Crippen LogP contribution >= 0.6 is 11.6 Å². The first-order chi connectivity index (χ1) is 5.77. The van der Waals surface area contributed by atoms with Crippen molar-refractivity contribution in [1.29, 1.82) is 0 Å². The second-order valence-electron chi connectivity index (χ2n) is 2.18. The molecule has 0 aliphatic heterocycles. The summed E-state index contributed by atoms with van der Waals surface area (Å²) in [5.74, 6) is 0.942. The van der Waals surface area contributed by atoms with Crippen molar-refractivity contribution in [2.75, 3.05) is 11.5 Å². The van der Waals surface area contributed by atoms with Crippen molar-refractivity contribution in [3.63, 3.8) is 0 Å². The van der Waals surface area contributed by atoms with E-state index in [1.165, 1.54) is 8.00 Å². The fraction of sp³-hybridized carbons (Fsp3) is 0.333. The minimum absolute atomic E-state index is 0.105. The number of halogens is 2. The number of benzene rings is 1. The molecular weight excluding hydrogens is 286 g/mol. The van der Waals surface area contributed by atoms with Gasteiger partial charge in [0.2, 0.25) is 0 Å². The molecule has 3 heteroatoms. The van der Waals surface area contributed by atoms with E-state index in [1.807, 2.05) is 12.1 Å². The van der Waals surface area contributed by atoms with Gasteiger partial charge >= 0.3 is 88.5 Å². The first-order valence-corrected chi connectivity index (χ1v) is 6.69. The summed E-state index contributed by atoms with van der Waals surface area (Å²) in [6.45, 7) is 2.20. The van der Waals surface area contributed by atoms with Gasteiger partial charge in [0.05, 0.1) is 0 Å². The molecule has 0 heterocycles. The van der Waals surface area contributed by atoms with Gasteiger partial charge in [-0.1, -0.05) is 0 Å². The molecule has 0 N–H and O–H groups in total. The predicted octanol–water partition coefficient (Wildman–Crippen LogP) is -0.373. The molecule has 1 nitrogen and oxygen atoms in total. The normalized spacial score (nSPS) is 10.2. The molecule has 0 spiro atoms. The topological polar surface area (TPSA) is 9.23 Å². The number of ether oxygens (including phenoxy) is 1. The van der Waals surface area contributed by atoms with Crippen LogP contribution in [0.15, 0.2) is 18.2 Å². The zero-order valence-corrected chi connectivity index (χ0v) is 10.0. The Morgan fingerprint density at radius 3 is 2.83 bits per heavy atom. The molecule has 0 atom stereocenters. The summed E-state index contributed by atoms with van der Waals surface area (Å²) in [6, 6.07) is 5.87. The Labute approximate surface area is 88.3 Å². The maximum atomic E-state index is 5.83. The Hall–Kier alpha value is 0.0400. The van der Waals surface area contributed by atoms with Crippen LogP contribution in [0.5, 0.6) is 5.75 Å². The van der Waals surface area contributed by atoms with Gasteiger partial charge in [0.1, 0.15) is 0 Å². The number of methoxy groups -OCH3 is 1. The molecule has 0 radical (unpaired) electrons. The molecule has 0 aliphatic carbocycles. The number of hydrogen-bond acceptors (Lipinski definition) is 1. The zero-order valence-electron chi connectivity index (χ0n) is 7.10. The zero-order chi connectivity index (χ0) is 8.97. The molecule has 0 unspecified atom stereocenters. The van der Waals surface area contributed by atoms with Gasteiger partial charge in [-0.2, -0.15) is 0 Å². The van der Waals surface area contributed by atoms with Crippen molar-refractivity contribution in [2.45, 2.75) is 6.92 Å². The maximum absolute atomic E-state index is 5.83. The van der Waals surface area contributed by atoms with Crippen LogP contribution in [0.25, 0.3) is 0 Å². The second kappa shape index (κ2) is 4.92. The van der Waals surface area contributed by atoms with Crippen molar-refractivity contribution in [3.8, 4) is 5.75 Å². The van der Waals surface area contributed by atoms with Crippen molar-refractivity contribution in [1.82, 2.24) is 0 Å². The summed E-state index contributed by atoms with van der Waals surface area (Å²) in [4.78, 5) is 0. The fourth-order valence-electron chi connectivity index (χ4n) is 0.888. The van der Waals surface area contributed by atoms with E-state index in [9.17, 15) is 0 Å². The van der Waals surface area contributed by atoms with E-state index >= 15 is 0 Å². The fourth-order valence-corrected chi connectivity index (χ4v) is 3.06. The summed E-state index contributed by atoms with van der Waals surface area (Å²) >= 11 is 5.93. The number of alkyl halides is 1. The van der Waals surface area contributed by atoms with Crippen molar-refractivity contribution < 1.29 is 25.9 Å². The minimum atomic E-state index is 0.105. The third-order valence-corrected chi connectivity index (χ3v) is 4.10. The van der Waals surface area contributed by atoms with Crippen molar-refractivity contribution >= 4 is 11.6 Å². The summed E-state index contributed by atoms with van der Waals surface area (Å²) in [7, 11) is 1.69. The average Bonchev–Trinajstić information content (AvgIpc) is 2.08. The SMILES string of the molecule is CC[I-]c1ccc(Cl)cc1OC. The van der Waals surface area contributed by atoms with Crippen LogP contribution < -0.4 is 25.9 Å². The van der Waals surface area contributed by atoms with Gasteiger partial charge in [0.15, 0.2) is 0 Å². The van der Waals surface area contributed by atoms with E-state index in [0.717, 1.165) is 10.8 Å². The van der Waals surface area contributed by atoms with Gasteiger partial charge in [-0.05, 0) is 0 Å². The molecule has 0 bridgehead atoms. The molecule has 1 aromatic rings. The van der Waals surface area contributed by atoms with Gasteiger partial charge in [0.25, 0.3) is 0 Å². The van der Waals surface area contributed by atoms with Crippen LogP contribution in [-0.4, -0.2) is 11.5 Å². The van der Waals surface area contributed by atoms with E-state index in [2.05, 4.69) is 13.0 Å². The molecular formula is C9H11ClIO-.